The van der Waals surface area contributed by atoms with Crippen LogP contribution in [0, 0.1) is 0 Å². The SMILES string of the molecule is c1nsnc1CNC1CCCCC1. The molecule has 0 radical (unpaired) electrons. The fraction of sp³-hybridized carbons (Fsp3) is 0.778. The Kier molecular flexibility index (Phi) is 3.27. The molecule has 1 aliphatic carbocycles. The molecule has 1 heterocycles. The second kappa shape index (κ2) is 4.67. The van der Waals surface area contributed by atoms with Crippen molar-refractivity contribution in [1.29, 1.82) is 0 Å². The van der Waals surface area contributed by atoms with Gasteiger partial charge in [0.25, 0.3) is 0 Å². The van der Waals surface area contributed by atoms with Gasteiger partial charge in [0.2, 0.25) is 0 Å². The molecule has 0 unspecified atom stereocenters. The van der Waals surface area contributed by atoms with Gasteiger partial charge in [-0.1, -0.05) is 19.3 Å². The van der Waals surface area contributed by atoms with E-state index in [9.17, 15) is 0 Å². The maximum absolute atomic E-state index is 4.17. The van der Waals surface area contributed by atoms with Crippen molar-refractivity contribution in [3.05, 3.63) is 11.9 Å². The molecular formula is C9H15N3S. The quantitative estimate of drug-likeness (QED) is 0.805. The summed E-state index contributed by atoms with van der Waals surface area (Å²) in [6.07, 6.45) is 8.69. The van der Waals surface area contributed by atoms with Gasteiger partial charge in [0.1, 0.15) is 0 Å². The normalized spacial score (nSPS) is 19.1. The minimum atomic E-state index is 0.718. The predicted octanol–water partition coefficient (Wildman–Crippen LogP) is 1.96. The highest BCUT2D eigenvalue weighted by Gasteiger charge is 2.12. The molecule has 13 heavy (non-hydrogen) atoms. The molecule has 1 aliphatic rings. The van der Waals surface area contributed by atoms with Gasteiger partial charge in [-0.15, -0.1) is 0 Å². The molecule has 2 rings (SSSR count). The number of hydrogen-bond acceptors (Lipinski definition) is 4. The monoisotopic (exact) mass is 197 g/mol. The van der Waals surface area contributed by atoms with Gasteiger partial charge in [-0.25, -0.2) is 0 Å². The third kappa shape index (κ3) is 2.74. The summed E-state index contributed by atoms with van der Waals surface area (Å²) in [6, 6.07) is 0.718. The number of hydrogen-bond donors (Lipinski definition) is 1. The lowest BCUT2D eigenvalue weighted by Crippen LogP contribution is -2.30. The Bertz CT molecular complexity index is 229. The molecule has 72 valence electrons. The molecule has 0 aliphatic heterocycles. The maximum atomic E-state index is 4.17. The molecule has 1 fully saturated rings. The van der Waals surface area contributed by atoms with Crippen LogP contribution in [-0.4, -0.2) is 14.8 Å². The first-order valence-electron chi connectivity index (χ1n) is 4.95. The van der Waals surface area contributed by atoms with Crippen molar-refractivity contribution >= 4 is 11.7 Å². The molecule has 0 amide bonds. The zero-order chi connectivity index (χ0) is 8.93. The summed E-state index contributed by atoms with van der Waals surface area (Å²) < 4.78 is 8.15. The number of nitrogens with one attached hydrogen (secondary N) is 1. The fourth-order valence-corrected chi connectivity index (χ4v) is 2.25. The Hall–Kier alpha value is -0.480. The van der Waals surface area contributed by atoms with E-state index in [2.05, 4.69) is 14.1 Å². The Morgan fingerprint density at radius 1 is 1.38 bits per heavy atom. The van der Waals surface area contributed by atoms with Gasteiger partial charge in [-0.05, 0) is 12.8 Å². The second-order valence-corrected chi connectivity index (χ2v) is 4.17. The molecule has 1 aromatic heterocycles. The maximum Gasteiger partial charge on any atom is 0.0880 e. The lowest BCUT2D eigenvalue weighted by molar-refractivity contribution is 0.371. The lowest BCUT2D eigenvalue weighted by atomic mass is 9.95. The zero-order valence-electron chi connectivity index (χ0n) is 7.70. The largest absolute Gasteiger partial charge is 0.308 e. The van der Waals surface area contributed by atoms with Crippen LogP contribution in [0.4, 0.5) is 0 Å². The van der Waals surface area contributed by atoms with E-state index >= 15 is 0 Å². The van der Waals surface area contributed by atoms with Crippen molar-refractivity contribution in [2.45, 2.75) is 44.7 Å². The van der Waals surface area contributed by atoms with Gasteiger partial charge in [0.05, 0.1) is 23.6 Å². The summed E-state index contributed by atoms with van der Waals surface area (Å²) in [5, 5.41) is 3.53. The predicted molar refractivity (Wildman–Crippen MR) is 53.6 cm³/mol. The van der Waals surface area contributed by atoms with Crippen LogP contribution in [0.2, 0.25) is 0 Å². The molecule has 1 saturated carbocycles. The molecular weight excluding hydrogens is 182 g/mol. The van der Waals surface area contributed by atoms with Crippen LogP contribution in [-0.2, 0) is 6.54 Å². The number of aromatic nitrogens is 2. The Morgan fingerprint density at radius 2 is 2.23 bits per heavy atom. The Balaban J connectivity index is 1.72. The average Bonchev–Trinajstić information content (AvgIpc) is 2.69. The topological polar surface area (TPSA) is 37.8 Å². The summed E-state index contributed by atoms with van der Waals surface area (Å²) in [5.74, 6) is 0. The fourth-order valence-electron chi connectivity index (χ4n) is 1.82. The van der Waals surface area contributed by atoms with Crippen molar-refractivity contribution < 1.29 is 0 Å². The molecule has 0 atom stereocenters. The van der Waals surface area contributed by atoms with E-state index in [0.29, 0.717) is 0 Å². The molecule has 1 N–H and O–H groups in total. The Morgan fingerprint density at radius 3 is 2.92 bits per heavy atom. The molecule has 4 heteroatoms. The highest BCUT2D eigenvalue weighted by molar-refractivity contribution is 6.99. The molecule has 0 bridgehead atoms. The van der Waals surface area contributed by atoms with Crippen LogP contribution in [0.15, 0.2) is 6.20 Å². The van der Waals surface area contributed by atoms with E-state index in [0.717, 1.165) is 18.3 Å². The summed E-state index contributed by atoms with van der Waals surface area (Å²) in [5.41, 5.74) is 1.08. The van der Waals surface area contributed by atoms with Gasteiger partial charge in [0.15, 0.2) is 0 Å². The Labute approximate surface area is 82.9 Å². The van der Waals surface area contributed by atoms with Crippen molar-refractivity contribution in [1.82, 2.24) is 14.1 Å². The molecule has 0 saturated heterocycles. The van der Waals surface area contributed by atoms with Crippen LogP contribution >= 0.6 is 11.7 Å². The van der Waals surface area contributed by atoms with E-state index in [1.807, 2.05) is 6.20 Å². The number of nitrogens with zero attached hydrogens (tertiary/aromatic N) is 2. The van der Waals surface area contributed by atoms with E-state index in [1.54, 1.807) is 0 Å². The first kappa shape index (κ1) is 9.09. The van der Waals surface area contributed by atoms with Gasteiger partial charge in [-0.2, -0.15) is 8.75 Å². The smallest absolute Gasteiger partial charge is 0.0880 e. The number of rotatable bonds is 3. The minimum Gasteiger partial charge on any atom is -0.308 e. The van der Waals surface area contributed by atoms with Crippen LogP contribution in [0.25, 0.3) is 0 Å². The van der Waals surface area contributed by atoms with Crippen LogP contribution in [0.5, 0.6) is 0 Å². The summed E-state index contributed by atoms with van der Waals surface area (Å²) in [7, 11) is 0. The third-order valence-corrected chi connectivity index (χ3v) is 3.10. The summed E-state index contributed by atoms with van der Waals surface area (Å²) >= 11 is 1.29. The van der Waals surface area contributed by atoms with Crippen molar-refractivity contribution in [2.24, 2.45) is 0 Å². The van der Waals surface area contributed by atoms with Crippen molar-refractivity contribution in [2.75, 3.05) is 0 Å². The molecule has 3 nitrogen and oxygen atoms in total. The van der Waals surface area contributed by atoms with Crippen LogP contribution in [0.1, 0.15) is 37.8 Å². The molecule has 1 aromatic rings. The first-order chi connectivity index (χ1) is 6.45. The zero-order valence-corrected chi connectivity index (χ0v) is 8.52. The van der Waals surface area contributed by atoms with Crippen molar-refractivity contribution in [3.8, 4) is 0 Å². The highest BCUT2D eigenvalue weighted by Crippen LogP contribution is 2.17. The van der Waals surface area contributed by atoms with Gasteiger partial charge >= 0.3 is 0 Å². The average molecular weight is 197 g/mol. The van der Waals surface area contributed by atoms with E-state index in [4.69, 9.17) is 0 Å². The van der Waals surface area contributed by atoms with Gasteiger partial charge < -0.3 is 5.32 Å². The minimum absolute atomic E-state index is 0.718. The highest BCUT2D eigenvalue weighted by atomic mass is 32.1. The van der Waals surface area contributed by atoms with Gasteiger partial charge in [0, 0.05) is 12.6 Å². The molecule has 0 aromatic carbocycles. The summed E-state index contributed by atoms with van der Waals surface area (Å²) in [4.78, 5) is 0. The standard InChI is InChI=1S/C9H15N3S/c1-2-4-8(5-3-1)10-6-9-7-11-13-12-9/h7-8,10H,1-6H2. The van der Waals surface area contributed by atoms with Crippen molar-refractivity contribution in [3.63, 3.8) is 0 Å². The molecule has 0 spiro atoms. The van der Waals surface area contributed by atoms with Gasteiger partial charge in [-0.3, -0.25) is 0 Å². The van der Waals surface area contributed by atoms with E-state index in [-0.39, 0.29) is 0 Å². The third-order valence-electron chi connectivity index (χ3n) is 2.58. The second-order valence-electron chi connectivity index (χ2n) is 3.61. The van der Waals surface area contributed by atoms with Crippen LogP contribution in [0.3, 0.4) is 0 Å². The van der Waals surface area contributed by atoms with E-state index in [1.165, 1.54) is 43.8 Å². The lowest BCUT2D eigenvalue weighted by Gasteiger charge is -2.22. The first-order valence-corrected chi connectivity index (χ1v) is 5.68. The van der Waals surface area contributed by atoms with Crippen LogP contribution < -0.4 is 5.32 Å². The van der Waals surface area contributed by atoms with E-state index < -0.39 is 0 Å². The summed E-state index contributed by atoms with van der Waals surface area (Å²) in [6.45, 7) is 0.890.